The summed E-state index contributed by atoms with van der Waals surface area (Å²) < 4.78 is 0. The molecule has 11 heavy (non-hydrogen) atoms. The molecule has 0 unspecified atom stereocenters. The van der Waals surface area contributed by atoms with Crippen molar-refractivity contribution in [1.29, 1.82) is 0 Å². The van der Waals surface area contributed by atoms with Crippen LogP contribution < -0.4 is 16.3 Å². The minimum Gasteiger partial charge on any atom is -0.364 e. The van der Waals surface area contributed by atoms with Gasteiger partial charge < -0.3 is 5.73 Å². The largest absolute Gasteiger partial charge is 0.364 e. The zero-order chi connectivity index (χ0) is 7.94. The van der Waals surface area contributed by atoms with Crippen molar-refractivity contribution in [2.75, 3.05) is 0 Å². The van der Waals surface area contributed by atoms with E-state index < -0.39 is 0 Å². The van der Waals surface area contributed by atoms with Crippen molar-refractivity contribution in [1.82, 2.24) is 5.43 Å². The first kappa shape index (κ1) is 7.71. The number of guanidine groups is 1. The molecular weight excluding hydrogens is 142 g/mol. The quantitative estimate of drug-likeness (QED) is 0.382. The van der Waals surface area contributed by atoms with Crippen LogP contribution in [0.5, 0.6) is 0 Å². The smallest absolute Gasteiger partial charge is 0.269 e. The fraction of sp³-hybridized carbons (Fsp3) is 0.500. The van der Waals surface area contributed by atoms with E-state index in [4.69, 9.17) is 5.73 Å². The summed E-state index contributed by atoms with van der Waals surface area (Å²) in [5.41, 5.74) is 8.03. The van der Waals surface area contributed by atoms with Crippen molar-refractivity contribution in [3.05, 3.63) is 0 Å². The lowest BCUT2D eigenvalue weighted by Gasteiger charge is -1.92. The highest BCUT2D eigenvalue weighted by Gasteiger charge is 1.91. The minimum absolute atomic E-state index is 0.277. The molecule has 5 nitrogen and oxygen atoms in total. The first-order valence-electron chi connectivity index (χ1n) is 3.58. The highest BCUT2D eigenvalue weighted by molar-refractivity contribution is 5.77. The molecule has 0 bridgehead atoms. The van der Waals surface area contributed by atoms with Crippen LogP contribution in [0, 0.1) is 0 Å². The molecule has 0 spiro atoms. The monoisotopic (exact) mass is 154 g/mol. The highest BCUT2D eigenvalue weighted by atomic mass is 15.4. The molecule has 1 heterocycles. The molecule has 0 amide bonds. The van der Waals surface area contributed by atoms with Gasteiger partial charge in [0.05, 0.1) is 0 Å². The molecule has 1 aliphatic heterocycles. The summed E-state index contributed by atoms with van der Waals surface area (Å²) in [5.74, 6) is 0.277. The topological polar surface area (TPSA) is 76.7 Å². The zero-order valence-electron chi connectivity index (χ0n) is 6.25. The van der Waals surface area contributed by atoms with Gasteiger partial charge in [0.15, 0.2) is 6.21 Å². The number of nitrogens with zero attached hydrogens (tertiary/aromatic N) is 2. The molecule has 1 aliphatic rings. The number of hydrogen-bond acceptors (Lipinski definition) is 4. The van der Waals surface area contributed by atoms with Crippen LogP contribution in [0.3, 0.4) is 0 Å². The molecule has 0 aliphatic carbocycles. The first-order valence-corrected chi connectivity index (χ1v) is 3.58. The van der Waals surface area contributed by atoms with Crippen molar-refractivity contribution >= 4 is 18.4 Å². The van der Waals surface area contributed by atoms with E-state index in [9.17, 15) is 0 Å². The Labute approximate surface area is 65.1 Å². The van der Waals surface area contributed by atoms with E-state index in [0.29, 0.717) is 0 Å². The van der Waals surface area contributed by atoms with Crippen molar-refractivity contribution in [3.8, 4) is 0 Å². The van der Waals surface area contributed by atoms with Gasteiger partial charge in [0.1, 0.15) is 0 Å². The molecule has 0 atom stereocenters. The lowest BCUT2D eigenvalue weighted by Crippen LogP contribution is -2.82. The predicted molar refractivity (Wildman–Crippen MR) is 44.1 cm³/mol. The maximum atomic E-state index is 5.37. The van der Waals surface area contributed by atoms with Crippen molar-refractivity contribution in [2.45, 2.75) is 19.3 Å². The second-order valence-electron chi connectivity index (χ2n) is 2.19. The van der Waals surface area contributed by atoms with E-state index in [2.05, 4.69) is 20.7 Å². The van der Waals surface area contributed by atoms with Crippen LogP contribution in [0.4, 0.5) is 0 Å². The Kier molecular flexibility index (Phi) is 3.11. The van der Waals surface area contributed by atoms with Crippen LogP contribution >= 0.6 is 0 Å². The third-order valence-electron chi connectivity index (χ3n) is 1.23. The summed E-state index contributed by atoms with van der Waals surface area (Å²) in [6.07, 6.45) is 6.67. The summed E-state index contributed by atoms with van der Waals surface area (Å²) in [5, 5.41) is 10.2. The van der Waals surface area contributed by atoms with Crippen LogP contribution in [-0.4, -0.2) is 18.4 Å². The van der Waals surface area contributed by atoms with Gasteiger partial charge in [0, 0.05) is 12.6 Å². The van der Waals surface area contributed by atoms with Crippen LogP contribution in [0.25, 0.3) is 0 Å². The molecule has 60 valence electrons. The minimum atomic E-state index is 0.277. The van der Waals surface area contributed by atoms with E-state index in [1.807, 2.05) is 6.21 Å². The number of nitrogens with one attached hydrogen (secondary N) is 2. The molecule has 0 aromatic carbocycles. The molecule has 0 aromatic heterocycles. The lowest BCUT2D eigenvalue weighted by atomic mass is 10.3. The van der Waals surface area contributed by atoms with E-state index in [-0.39, 0.29) is 5.96 Å². The van der Waals surface area contributed by atoms with E-state index in [1.54, 1.807) is 6.21 Å². The predicted octanol–water partition coefficient (Wildman–Crippen LogP) is -1.87. The SMILES string of the molecule is N/C1=N/N=C\CCC/C=[NH+]\N1. The Balaban J connectivity index is 2.52. The standard InChI is InChI=1S/C6H11N5/c7-6-10-8-4-2-1-3-5-9-11-6/h4-5H,1-3H2,(H3,7,10,11)/p+1/b8-4-,9-5-. The molecule has 4 N–H and O–H groups in total. The van der Waals surface area contributed by atoms with Crippen LogP contribution in [0.1, 0.15) is 19.3 Å². The van der Waals surface area contributed by atoms with Gasteiger partial charge in [-0.25, -0.2) is 0 Å². The van der Waals surface area contributed by atoms with E-state index in [0.717, 1.165) is 19.3 Å². The summed E-state index contributed by atoms with van der Waals surface area (Å²) in [4.78, 5) is 0. The van der Waals surface area contributed by atoms with Gasteiger partial charge in [-0.15, -0.1) is 15.6 Å². The van der Waals surface area contributed by atoms with Gasteiger partial charge in [-0.3, -0.25) is 0 Å². The molecule has 0 fully saturated rings. The molecule has 0 aromatic rings. The molecule has 0 radical (unpaired) electrons. The number of nitrogens with two attached hydrogens (primary N) is 1. The first-order chi connectivity index (χ1) is 5.39. The summed E-state index contributed by atoms with van der Waals surface area (Å²) in [6.45, 7) is 0. The fourth-order valence-electron chi connectivity index (χ4n) is 0.694. The van der Waals surface area contributed by atoms with E-state index in [1.165, 1.54) is 0 Å². The second kappa shape index (κ2) is 4.43. The number of rotatable bonds is 0. The second-order valence-corrected chi connectivity index (χ2v) is 2.19. The molecule has 0 saturated carbocycles. The van der Waals surface area contributed by atoms with Gasteiger partial charge in [-0.05, 0) is 12.8 Å². The van der Waals surface area contributed by atoms with Crippen molar-refractivity contribution in [2.24, 2.45) is 15.9 Å². The van der Waals surface area contributed by atoms with Crippen LogP contribution in [0.2, 0.25) is 0 Å². The summed E-state index contributed by atoms with van der Waals surface area (Å²) >= 11 is 0. The number of hydrogen-bond donors (Lipinski definition) is 3. The van der Waals surface area contributed by atoms with Crippen molar-refractivity contribution < 1.29 is 5.10 Å². The maximum Gasteiger partial charge on any atom is 0.269 e. The highest BCUT2D eigenvalue weighted by Crippen LogP contribution is 1.88. The molecule has 0 saturated heterocycles. The average molecular weight is 154 g/mol. The zero-order valence-corrected chi connectivity index (χ0v) is 6.25. The Bertz CT molecular complexity index is 193. The fourth-order valence-corrected chi connectivity index (χ4v) is 0.694. The maximum absolute atomic E-state index is 5.37. The summed E-state index contributed by atoms with van der Waals surface area (Å²) in [7, 11) is 0. The summed E-state index contributed by atoms with van der Waals surface area (Å²) in [6, 6.07) is 0. The van der Waals surface area contributed by atoms with Crippen LogP contribution in [0.15, 0.2) is 10.2 Å². The third kappa shape index (κ3) is 3.34. The van der Waals surface area contributed by atoms with Crippen molar-refractivity contribution in [3.63, 3.8) is 0 Å². The average Bonchev–Trinajstić information content (AvgIpc) is 2.03. The molecular formula is C6H12N5+. The lowest BCUT2D eigenvalue weighted by molar-refractivity contribution is -0.502. The van der Waals surface area contributed by atoms with Gasteiger partial charge in [0.25, 0.3) is 5.96 Å². The Morgan fingerprint density at radius 2 is 2.45 bits per heavy atom. The Morgan fingerprint density at radius 1 is 1.55 bits per heavy atom. The molecule has 1 rings (SSSR count). The van der Waals surface area contributed by atoms with Gasteiger partial charge in [-0.1, -0.05) is 0 Å². The Morgan fingerprint density at radius 3 is 3.36 bits per heavy atom. The number of hydrazone groups is 1. The normalized spacial score (nSPS) is 29.3. The third-order valence-corrected chi connectivity index (χ3v) is 1.23. The number of hydrazine groups is 1. The van der Waals surface area contributed by atoms with E-state index >= 15 is 0 Å². The van der Waals surface area contributed by atoms with Gasteiger partial charge >= 0.3 is 0 Å². The Hall–Kier alpha value is -1.39. The molecule has 5 heteroatoms. The van der Waals surface area contributed by atoms with Gasteiger partial charge in [0.2, 0.25) is 0 Å². The van der Waals surface area contributed by atoms with Gasteiger partial charge in [-0.2, -0.15) is 5.10 Å². The van der Waals surface area contributed by atoms with Crippen LogP contribution in [-0.2, 0) is 0 Å².